The van der Waals surface area contributed by atoms with Gasteiger partial charge in [-0.15, -0.1) is 0 Å². The van der Waals surface area contributed by atoms with Crippen LogP contribution in [0.25, 0.3) is 10.8 Å². The third kappa shape index (κ3) is 3.17. The molecule has 2 aromatic rings. The van der Waals surface area contributed by atoms with E-state index in [1.54, 1.807) is 0 Å². The number of hydrogen-bond acceptors (Lipinski definition) is 2. The number of benzene rings is 2. The van der Waals surface area contributed by atoms with Crippen LogP contribution < -0.4 is 0 Å². The van der Waals surface area contributed by atoms with Crippen molar-refractivity contribution < 1.29 is 4.74 Å². The van der Waals surface area contributed by atoms with E-state index in [0.717, 1.165) is 17.0 Å². The van der Waals surface area contributed by atoms with Crippen LogP contribution in [0.4, 0.5) is 0 Å². The topological polar surface area (TPSA) is 21.6 Å². The van der Waals surface area contributed by atoms with E-state index >= 15 is 0 Å². The molecular formula is C20H19NO. The fourth-order valence-electron chi connectivity index (χ4n) is 2.46. The van der Waals surface area contributed by atoms with Gasteiger partial charge in [0.2, 0.25) is 0 Å². The molecule has 0 fully saturated rings. The number of nitrogens with zero attached hydrogens (tertiary/aromatic N) is 1. The van der Waals surface area contributed by atoms with Crippen LogP contribution in [0.1, 0.15) is 12.5 Å². The second-order valence-corrected chi connectivity index (χ2v) is 5.46. The molecule has 3 rings (SSSR count). The van der Waals surface area contributed by atoms with Gasteiger partial charge in [0.05, 0.1) is 0 Å². The second-order valence-electron chi connectivity index (χ2n) is 5.46. The Kier molecular flexibility index (Phi) is 4.19. The first-order valence-corrected chi connectivity index (χ1v) is 7.44. The van der Waals surface area contributed by atoms with E-state index in [4.69, 9.17) is 4.74 Å². The average molecular weight is 289 g/mol. The molecule has 1 atom stereocenters. The summed E-state index contributed by atoms with van der Waals surface area (Å²) in [7, 11) is 0. The minimum atomic E-state index is 0.374. The van der Waals surface area contributed by atoms with Crippen LogP contribution in [-0.4, -0.2) is 6.72 Å². The number of rotatable bonds is 4. The van der Waals surface area contributed by atoms with E-state index in [-0.39, 0.29) is 0 Å². The van der Waals surface area contributed by atoms with Gasteiger partial charge in [0.25, 0.3) is 0 Å². The van der Waals surface area contributed by atoms with Gasteiger partial charge < -0.3 is 4.74 Å². The fraction of sp³-hybridized carbons (Fsp3) is 0.150. The maximum Gasteiger partial charge on any atom is 0.145 e. The lowest BCUT2D eigenvalue weighted by molar-refractivity contribution is 0.208. The van der Waals surface area contributed by atoms with Crippen molar-refractivity contribution in [3.63, 3.8) is 0 Å². The molecule has 1 aliphatic carbocycles. The monoisotopic (exact) mass is 289 g/mol. The van der Waals surface area contributed by atoms with Crippen molar-refractivity contribution >= 4 is 17.5 Å². The van der Waals surface area contributed by atoms with Gasteiger partial charge in [-0.1, -0.05) is 55.5 Å². The molecule has 2 nitrogen and oxygen atoms in total. The Balaban J connectivity index is 1.80. The summed E-state index contributed by atoms with van der Waals surface area (Å²) in [6.07, 6.45) is 8.14. The molecule has 0 spiro atoms. The van der Waals surface area contributed by atoms with Crippen molar-refractivity contribution in [2.24, 2.45) is 10.9 Å². The molecule has 0 N–H and O–H groups in total. The third-order valence-corrected chi connectivity index (χ3v) is 3.74. The SMILES string of the molecule is C=NC1=C(OCc2ccc3ccccc3c2)C=CC(C)C=C1. The second kappa shape index (κ2) is 6.44. The lowest BCUT2D eigenvalue weighted by atomic mass is 10.1. The summed E-state index contributed by atoms with van der Waals surface area (Å²) >= 11 is 0. The van der Waals surface area contributed by atoms with Crippen molar-refractivity contribution in [2.75, 3.05) is 0 Å². The van der Waals surface area contributed by atoms with Crippen molar-refractivity contribution in [3.8, 4) is 0 Å². The van der Waals surface area contributed by atoms with Crippen LogP contribution >= 0.6 is 0 Å². The zero-order valence-electron chi connectivity index (χ0n) is 12.7. The lowest BCUT2D eigenvalue weighted by Gasteiger charge is -2.09. The molecule has 0 radical (unpaired) electrons. The quantitative estimate of drug-likeness (QED) is 0.723. The Morgan fingerprint density at radius 3 is 2.64 bits per heavy atom. The molecule has 0 saturated heterocycles. The first-order chi connectivity index (χ1) is 10.8. The Morgan fingerprint density at radius 2 is 1.82 bits per heavy atom. The molecule has 0 aliphatic heterocycles. The highest BCUT2D eigenvalue weighted by atomic mass is 16.5. The molecule has 2 aromatic carbocycles. The van der Waals surface area contributed by atoms with Gasteiger partial charge in [-0.25, -0.2) is 0 Å². The number of hydrogen-bond donors (Lipinski definition) is 0. The predicted molar refractivity (Wildman–Crippen MR) is 92.8 cm³/mol. The van der Waals surface area contributed by atoms with E-state index in [0.29, 0.717) is 12.5 Å². The molecule has 1 unspecified atom stereocenters. The molecule has 0 saturated carbocycles. The lowest BCUT2D eigenvalue weighted by Crippen LogP contribution is -1.94. The number of allylic oxidation sites excluding steroid dienone is 4. The zero-order valence-corrected chi connectivity index (χ0v) is 12.7. The van der Waals surface area contributed by atoms with Crippen molar-refractivity contribution in [1.29, 1.82) is 0 Å². The summed E-state index contributed by atoms with van der Waals surface area (Å²) < 4.78 is 5.96. The van der Waals surface area contributed by atoms with Crippen LogP contribution in [0.2, 0.25) is 0 Å². The number of ether oxygens (including phenoxy) is 1. The number of fused-ring (bicyclic) bond motifs is 1. The largest absolute Gasteiger partial charge is 0.487 e. The van der Waals surface area contributed by atoms with Crippen molar-refractivity contribution in [3.05, 3.63) is 83.8 Å². The van der Waals surface area contributed by atoms with E-state index < -0.39 is 0 Å². The van der Waals surface area contributed by atoms with Gasteiger partial charge >= 0.3 is 0 Å². The van der Waals surface area contributed by atoms with Gasteiger partial charge in [0.1, 0.15) is 18.1 Å². The summed E-state index contributed by atoms with van der Waals surface area (Å²) in [4.78, 5) is 4.05. The molecule has 0 heterocycles. The smallest absolute Gasteiger partial charge is 0.145 e. The zero-order chi connectivity index (χ0) is 15.4. The number of aliphatic imine (C=N–C) groups is 1. The Hall–Kier alpha value is -2.61. The Labute approximate surface area is 131 Å². The molecule has 0 amide bonds. The first-order valence-electron chi connectivity index (χ1n) is 7.44. The van der Waals surface area contributed by atoms with Gasteiger partial charge in [-0.2, -0.15) is 0 Å². The van der Waals surface area contributed by atoms with Crippen LogP contribution in [-0.2, 0) is 11.3 Å². The molecular weight excluding hydrogens is 270 g/mol. The Bertz CT molecular complexity index is 783. The van der Waals surface area contributed by atoms with E-state index in [1.165, 1.54) is 10.8 Å². The highest BCUT2D eigenvalue weighted by Crippen LogP contribution is 2.21. The van der Waals surface area contributed by atoms with Crippen molar-refractivity contribution in [2.45, 2.75) is 13.5 Å². The van der Waals surface area contributed by atoms with Gasteiger partial charge in [0, 0.05) is 0 Å². The maximum atomic E-state index is 5.96. The fourth-order valence-corrected chi connectivity index (χ4v) is 2.46. The van der Waals surface area contributed by atoms with E-state index in [1.807, 2.05) is 12.2 Å². The summed E-state index contributed by atoms with van der Waals surface area (Å²) in [5.74, 6) is 1.14. The average Bonchev–Trinajstić information content (AvgIpc) is 2.74. The summed E-state index contributed by atoms with van der Waals surface area (Å²) in [6.45, 7) is 6.27. The summed E-state index contributed by atoms with van der Waals surface area (Å²) in [6, 6.07) is 14.7. The van der Waals surface area contributed by atoms with Crippen LogP contribution in [0, 0.1) is 5.92 Å². The van der Waals surface area contributed by atoms with Crippen LogP contribution in [0.3, 0.4) is 0 Å². The van der Waals surface area contributed by atoms with Gasteiger partial charge in [-0.3, -0.25) is 4.99 Å². The first kappa shape index (κ1) is 14.3. The third-order valence-electron chi connectivity index (χ3n) is 3.74. The van der Waals surface area contributed by atoms with E-state index in [2.05, 4.69) is 73.3 Å². The standard InChI is InChI=1S/C20H19NO/c1-15-7-11-19(21-2)20(12-8-15)22-14-16-9-10-17-5-3-4-6-18(17)13-16/h3-13,15H,2,14H2,1H3. The van der Waals surface area contributed by atoms with Gasteiger partial charge in [0.15, 0.2) is 0 Å². The maximum absolute atomic E-state index is 5.96. The van der Waals surface area contributed by atoms with Gasteiger partial charge in [-0.05, 0) is 47.2 Å². The Morgan fingerprint density at radius 1 is 1.05 bits per heavy atom. The molecule has 22 heavy (non-hydrogen) atoms. The molecule has 110 valence electrons. The highest BCUT2D eigenvalue weighted by molar-refractivity contribution is 5.82. The van der Waals surface area contributed by atoms with Crippen LogP contribution in [0.5, 0.6) is 0 Å². The van der Waals surface area contributed by atoms with Crippen molar-refractivity contribution in [1.82, 2.24) is 0 Å². The van der Waals surface area contributed by atoms with E-state index in [9.17, 15) is 0 Å². The minimum Gasteiger partial charge on any atom is -0.487 e. The predicted octanol–water partition coefficient (Wildman–Crippen LogP) is 5.03. The minimum absolute atomic E-state index is 0.374. The highest BCUT2D eigenvalue weighted by Gasteiger charge is 2.07. The molecule has 1 aliphatic rings. The molecule has 0 bridgehead atoms. The summed E-state index contributed by atoms with van der Waals surface area (Å²) in [5.41, 5.74) is 1.92. The molecule has 2 heteroatoms. The summed E-state index contributed by atoms with van der Waals surface area (Å²) in [5, 5.41) is 2.47. The van der Waals surface area contributed by atoms with Crippen LogP contribution in [0.15, 0.2) is 83.2 Å². The molecule has 0 aromatic heterocycles. The normalized spacial score (nSPS) is 17.6.